The fraction of sp³-hybridized carbons (Fsp3) is 0.217. The van der Waals surface area contributed by atoms with E-state index < -0.39 is 0 Å². The quantitative estimate of drug-likeness (QED) is 0.489. The van der Waals surface area contributed by atoms with Crippen molar-refractivity contribution in [3.8, 4) is 22.4 Å². The van der Waals surface area contributed by atoms with E-state index >= 15 is 0 Å². The second-order valence-corrected chi connectivity index (χ2v) is 7.60. The summed E-state index contributed by atoms with van der Waals surface area (Å²) >= 11 is 6.11. The molecular formula is C23H21ClN4O. The zero-order valence-electron chi connectivity index (χ0n) is 16.2. The van der Waals surface area contributed by atoms with Gasteiger partial charge in [0.05, 0.1) is 24.6 Å². The molecule has 5 rings (SSSR count). The van der Waals surface area contributed by atoms with E-state index in [1.165, 1.54) is 0 Å². The Hall–Kier alpha value is -2.89. The molecule has 0 spiro atoms. The number of aromatic nitrogens is 3. The van der Waals surface area contributed by atoms with Crippen molar-refractivity contribution in [2.24, 2.45) is 0 Å². The number of ether oxygens (including phenoxy) is 1. The first kappa shape index (κ1) is 18.2. The van der Waals surface area contributed by atoms with Gasteiger partial charge in [-0.25, -0.2) is 4.98 Å². The summed E-state index contributed by atoms with van der Waals surface area (Å²) in [6.07, 6.45) is 0. The van der Waals surface area contributed by atoms with E-state index in [2.05, 4.69) is 23.1 Å². The Labute approximate surface area is 174 Å². The third-order valence-corrected chi connectivity index (χ3v) is 5.53. The Morgan fingerprint density at radius 2 is 1.66 bits per heavy atom. The third-order valence-electron chi connectivity index (χ3n) is 5.28. The molecule has 1 saturated heterocycles. The third kappa shape index (κ3) is 3.37. The van der Waals surface area contributed by atoms with E-state index in [4.69, 9.17) is 26.4 Å². The summed E-state index contributed by atoms with van der Waals surface area (Å²) in [5, 5.41) is 5.58. The maximum atomic E-state index is 6.11. The molecule has 146 valence electrons. The first-order valence-electron chi connectivity index (χ1n) is 9.75. The molecule has 29 heavy (non-hydrogen) atoms. The predicted octanol–water partition coefficient (Wildman–Crippen LogP) is 4.86. The van der Waals surface area contributed by atoms with Gasteiger partial charge in [0.25, 0.3) is 0 Å². The number of aryl methyl sites for hydroxylation is 1. The van der Waals surface area contributed by atoms with Crippen LogP contribution < -0.4 is 4.90 Å². The second-order valence-electron chi connectivity index (χ2n) is 7.17. The average Bonchev–Trinajstić information content (AvgIpc) is 3.10. The number of benzene rings is 2. The van der Waals surface area contributed by atoms with Crippen molar-refractivity contribution in [3.05, 3.63) is 71.4 Å². The molecule has 1 aliphatic rings. The summed E-state index contributed by atoms with van der Waals surface area (Å²) in [6, 6.07) is 20.3. The van der Waals surface area contributed by atoms with Gasteiger partial charge in [-0.05, 0) is 24.6 Å². The van der Waals surface area contributed by atoms with Crippen molar-refractivity contribution >= 4 is 23.1 Å². The van der Waals surface area contributed by atoms with Crippen molar-refractivity contribution in [2.45, 2.75) is 6.92 Å². The Morgan fingerprint density at radius 1 is 0.931 bits per heavy atom. The molecule has 1 aliphatic heterocycles. The maximum absolute atomic E-state index is 6.11. The summed E-state index contributed by atoms with van der Waals surface area (Å²) in [6.45, 7) is 5.14. The van der Waals surface area contributed by atoms with Crippen LogP contribution in [0.1, 0.15) is 5.69 Å². The highest BCUT2D eigenvalue weighted by molar-refractivity contribution is 6.30. The van der Waals surface area contributed by atoms with Crippen LogP contribution in [0.25, 0.3) is 28.0 Å². The van der Waals surface area contributed by atoms with Crippen LogP contribution in [0.5, 0.6) is 0 Å². The van der Waals surface area contributed by atoms with Crippen LogP contribution in [0.15, 0.2) is 60.7 Å². The zero-order valence-corrected chi connectivity index (χ0v) is 16.9. The number of hydrogen-bond donors (Lipinski definition) is 0. The molecular weight excluding hydrogens is 384 g/mol. The van der Waals surface area contributed by atoms with Crippen molar-refractivity contribution in [2.75, 3.05) is 31.2 Å². The van der Waals surface area contributed by atoms with Gasteiger partial charge in [-0.2, -0.15) is 9.61 Å². The van der Waals surface area contributed by atoms with E-state index in [9.17, 15) is 0 Å². The normalized spacial score (nSPS) is 14.5. The van der Waals surface area contributed by atoms with Crippen LogP contribution in [-0.4, -0.2) is 40.9 Å². The average molecular weight is 405 g/mol. The molecule has 4 aromatic rings. The number of rotatable bonds is 3. The zero-order chi connectivity index (χ0) is 19.8. The van der Waals surface area contributed by atoms with Crippen molar-refractivity contribution in [1.82, 2.24) is 14.6 Å². The molecule has 0 saturated carbocycles. The lowest BCUT2D eigenvalue weighted by Crippen LogP contribution is -2.37. The van der Waals surface area contributed by atoms with Crippen LogP contribution >= 0.6 is 11.6 Å². The van der Waals surface area contributed by atoms with Crippen molar-refractivity contribution < 1.29 is 4.74 Å². The molecule has 0 N–H and O–H groups in total. The van der Waals surface area contributed by atoms with Gasteiger partial charge in [0, 0.05) is 35.3 Å². The molecule has 0 atom stereocenters. The van der Waals surface area contributed by atoms with Gasteiger partial charge in [-0.1, -0.05) is 54.1 Å². The molecule has 0 amide bonds. The SMILES string of the molecule is Cc1nn2c(N3CCOCC3)cc(-c3ccccc3)nc2c1-c1ccc(Cl)cc1. The minimum absolute atomic E-state index is 0.717. The molecule has 1 fully saturated rings. The smallest absolute Gasteiger partial charge is 0.166 e. The van der Waals surface area contributed by atoms with Gasteiger partial charge in [0.15, 0.2) is 5.65 Å². The first-order chi connectivity index (χ1) is 14.2. The van der Waals surface area contributed by atoms with Crippen LogP contribution in [-0.2, 0) is 4.74 Å². The van der Waals surface area contributed by atoms with E-state index in [0.717, 1.165) is 70.9 Å². The lowest BCUT2D eigenvalue weighted by molar-refractivity contribution is 0.122. The van der Waals surface area contributed by atoms with Gasteiger partial charge in [0.1, 0.15) is 5.82 Å². The molecule has 0 bridgehead atoms. The highest BCUT2D eigenvalue weighted by atomic mass is 35.5. The number of morpholine rings is 1. The van der Waals surface area contributed by atoms with E-state index in [1.807, 2.05) is 53.9 Å². The molecule has 2 aromatic heterocycles. The highest BCUT2D eigenvalue weighted by Crippen LogP contribution is 2.33. The van der Waals surface area contributed by atoms with E-state index in [1.54, 1.807) is 0 Å². The number of anilines is 1. The molecule has 3 heterocycles. The lowest BCUT2D eigenvalue weighted by atomic mass is 10.1. The predicted molar refractivity (Wildman–Crippen MR) is 117 cm³/mol. The molecule has 2 aromatic carbocycles. The number of fused-ring (bicyclic) bond motifs is 1. The Kier molecular flexibility index (Phi) is 4.70. The fourth-order valence-electron chi connectivity index (χ4n) is 3.84. The van der Waals surface area contributed by atoms with Crippen LogP contribution in [0, 0.1) is 6.92 Å². The van der Waals surface area contributed by atoms with Gasteiger partial charge in [0.2, 0.25) is 0 Å². The molecule has 6 heteroatoms. The number of hydrogen-bond acceptors (Lipinski definition) is 4. The summed E-state index contributed by atoms with van der Waals surface area (Å²) in [5.41, 5.74) is 5.92. The van der Waals surface area contributed by atoms with Gasteiger partial charge < -0.3 is 9.64 Å². The molecule has 0 unspecified atom stereocenters. The van der Waals surface area contributed by atoms with Gasteiger partial charge in [-0.3, -0.25) is 0 Å². The van der Waals surface area contributed by atoms with E-state index in [-0.39, 0.29) is 0 Å². The lowest BCUT2D eigenvalue weighted by Gasteiger charge is -2.29. The molecule has 5 nitrogen and oxygen atoms in total. The van der Waals surface area contributed by atoms with E-state index in [0.29, 0.717) is 0 Å². The van der Waals surface area contributed by atoms with Crippen molar-refractivity contribution in [3.63, 3.8) is 0 Å². The minimum atomic E-state index is 0.717. The monoisotopic (exact) mass is 404 g/mol. The van der Waals surface area contributed by atoms with Crippen molar-refractivity contribution in [1.29, 1.82) is 0 Å². The van der Waals surface area contributed by atoms with Crippen LogP contribution in [0.2, 0.25) is 5.02 Å². The number of nitrogens with zero attached hydrogens (tertiary/aromatic N) is 4. The largest absolute Gasteiger partial charge is 0.378 e. The number of halogens is 1. The summed E-state index contributed by atoms with van der Waals surface area (Å²) in [7, 11) is 0. The highest BCUT2D eigenvalue weighted by Gasteiger charge is 2.21. The Balaban J connectivity index is 1.76. The summed E-state index contributed by atoms with van der Waals surface area (Å²) in [5.74, 6) is 1.04. The second kappa shape index (κ2) is 7.50. The standard InChI is InChI=1S/C23H21ClN4O/c1-16-22(18-7-9-19(24)10-8-18)23-25-20(17-5-3-2-4-6-17)15-21(28(23)26-16)27-11-13-29-14-12-27/h2-10,15H,11-14H2,1H3. The minimum Gasteiger partial charge on any atom is -0.378 e. The fourth-order valence-corrected chi connectivity index (χ4v) is 3.96. The van der Waals surface area contributed by atoms with Gasteiger partial charge >= 0.3 is 0 Å². The first-order valence-corrected chi connectivity index (χ1v) is 10.1. The summed E-state index contributed by atoms with van der Waals surface area (Å²) < 4.78 is 7.53. The molecule has 0 aliphatic carbocycles. The maximum Gasteiger partial charge on any atom is 0.166 e. The molecule has 0 radical (unpaired) electrons. The van der Waals surface area contributed by atoms with Crippen LogP contribution in [0.3, 0.4) is 0 Å². The Morgan fingerprint density at radius 3 is 2.38 bits per heavy atom. The van der Waals surface area contributed by atoms with Crippen LogP contribution in [0.4, 0.5) is 5.82 Å². The topological polar surface area (TPSA) is 42.7 Å². The Bertz CT molecular complexity index is 1150. The summed E-state index contributed by atoms with van der Waals surface area (Å²) in [4.78, 5) is 7.35. The van der Waals surface area contributed by atoms with Gasteiger partial charge in [-0.15, -0.1) is 0 Å².